The number of anilines is 2. The van der Waals surface area contributed by atoms with Crippen LogP contribution in [0.4, 0.5) is 16.0 Å². The summed E-state index contributed by atoms with van der Waals surface area (Å²) in [6, 6.07) is 18.0. The first-order valence-corrected chi connectivity index (χ1v) is 17.0. The Balaban J connectivity index is 1.15. The number of aromatic nitrogens is 3. The predicted molar refractivity (Wildman–Crippen MR) is 177 cm³/mol. The van der Waals surface area contributed by atoms with E-state index in [1.807, 2.05) is 80.1 Å². The van der Waals surface area contributed by atoms with Gasteiger partial charge in [-0.3, -0.25) is 10.1 Å². The van der Waals surface area contributed by atoms with Gasteiger partial charge < -0.3 is 24.5 Å². The van der Waals surface area contributed by atoms with Gasteiger partial charge in [-0.2, -0.15) is 0 Å². The maximum absolute atomic E-state index is 13.6. The molecule has 2 aromatic heterocycles. The molecule has 5 aromatic rings. The Kier molecular flexibility index (Phi) is 8.29. The van der Waals surface area contributed by atoms with E-state index in [9.17, 15) is 18.9 Å². The summed E-state index contributed by atoms with van der Waals surface area (Å²) in [4.78, 5) is 21.1. The van der Waals surface area contributed by atoms with Gasteiger partial charge in [-0.05, 0) is 79.5 Å². The summed E-state index contributed by atoms with van der Waals surface area (Å²) < 4.78 is 28.8. The molecule has 1 unspecified atom stereocenters. The minimum absolute atomic E-state index is 0.0454. The summed E-state index contributed by atoms with van der Waals surface area (Å²) in [5.74, 6) is 0.293. The Morgan fingerprint density at radius 1 is 1.14 bits per heavy atom. The van der Waals surface area contributed by atoms with E-state index in [0.717, 1.165) is 27.5 Å². The van der Waals surface area contributed by atoms with E-state index in [-0.39, 0.29) is 17.3 Å². The molecule has 0 bridgehead atoms. The Morgan fingerprint density at radius 3 is 2.61 bits per heavy atom. The minimum Gasteiger partial charge on any atom is -0.378 e. The van der Waals surface area contributed by atoms with Gasteiger partial charge in [-0.25, -0.2) is 9.37 Å². The van der Waals surface area contributed by atoms with Crippen LogP contribution in [0.3, 0.4) is 0 Å². The van der Waals surface area contributed by atoms with Gasteiger partial charge in [0.1, 0.15) is 19.2 Å². The second kappa shape index (κ2) is 12.2. The van der Waals surface area contributed by atoms with Gasteiger partial charge in [0.15, 0.2) is 0 Å². The van der Waals surface area contributed by atoms with Crippen LogP contribution in [-0.4, -0.2) is 44.7 Å². The second-order valence-corrected chi connectivity index (χ2v) is 14.9. The van der Waals surface area contributed by atoms with Crippen molar-refractivity contribution in [3.8, 4) is 0 Å². The molecule has 44 heavy (non-hydrogen) atoms. The molecule has 0 amide bonds. The predicted octanol–water partition coefficient (Wildman–Crippen LogP) is 5.93. The molecule has 6 rings (SSSR count). The van der Waals surface area contributed by atoms with E-state index >= 15 is 0 Å². The smallest absolute Gasteiger partial charge is 0.258 e. The average molecular weight is 614 g/mol. The number of imidazole rings is 1. The van der Waals surface area contributed by atoms with Crippen LogP contribution < -0.4 is 21.5 Å². The van der Waals surface area contributed by atoms with Crippen LogP contribution in [0.1, 0.15) is 29.7 Å². The van der Waals surface area contributed by atoms with Crippen LogP contribution in [0.2, 0.25) is 0 Å². The Morgan fingerprint density at radius 2 is 1.89 bits per heavy atom. The zero-order valence-electron chi connectivity index (χ0n) is 25.1. The number of nitrogens with one attached hydrogen (secondary N) is 3. The molecule has 10 heteroatoms. The quantitative estimate of drug-likeness (QED) is 0.127. The van der Waals surface area contributed by atoms with E-state index in [1.54, 1.807) is 6.07 Å². The van der Waals surface area contributed by atoms with Crippen molar-refractivity contribution < 1.29 is 14.1 Å². The van der Waals surface area contributed by atoms with Crippen molar-refractivity contribution >= 4 is 52.0 Å². The third kappa shape index (κ3) is 5.75. The van der Waals surface area contributed by atoms with Crippen LogP contribution in [0.25, 0.3) is 27.9 Å². The zero-order chi connectivity index (χ0) is 31.0. The molecule has 3 heterocycles. The molecule has 0 spiro atoms. The molecule has 1 aliphatic rings. The Bertz CT molecular complexity index is 1970. The monoisotopic (exact) mass is 613 g/mol. The molecule has 0 radical (unpaired) electrons. The summed E-state index contributed by atoms with van der Waals surface area (Å²) in [5.41, 5.74) is 4.27. The second-order valence-electron chi connectivity index (χ2n) is 11.7. The van der Waals surface area contributed by atoms with Crippen molar-refractivity contribution in [2.24, 2.45) is 13.0 Å². The van der Waals surface area contributed by atoms with Gasteiger partial charge >= 0.3 is 0 Å². The van der Waals surface area contributed by atoms with Crippen LogP contribution in [0.15, 0.2) is 71.5 Å². The highest BCUT2D eigenvalue weighted by molar-refractivity contribution is 7.71. The number of aliphatic hydroxyl groups is 1. The van der Waals surface area contributed by atoms with Crippen molar-refractivity contribution in [2.75, 3.05) is 24.2 Å². The molecule has 228 valence electrons. The highest BCUT2D eigenvalue weighted by Crippen LogP contribution is 2.50. The molecule has 4 N–H and O–H groups in total. The molecule has 1 fully saturated rings. The first kappa shape index (κ1) is 30.0. The van der Waals surface area contributed by atoms with Crippen molar-refractivity contribution in [2.45, 2.75) is 32.9 Å². The van der Waals surface area contributed by atoms with Crippen molar-refractivity contribution in [1.82, 2.24) is 19.9 Å². The summed E-state index contributed by atoms with van der Waals surface area (Å²) in [7, 11) is -0.541. The number of pyridine rings is 1. The number of benzene rings is 3. The van der Waals surface area contributed by atoms with Crippen LogP contribution >= 0.6 is 7.14 Å². The topological polar surface area (TPSA) is 112 Å². The Labute approximate surface area is 255 Å². The SMILES string of the molecule is Cc1cc(F)ccc1Nc1nc2ccc3c(C)c(/C=C/CNC(O)[C@H]4CC[P@@](=O)(c5ccccc5)CC4)[nH]c(=O)c3c2n1C. The van der Waals surface area contributed by atoms with Crippen LogP contribution in [-0.2, 0) is 11.6 Å². The van der Waals surface area contributed by atoms with E-state index < -0.39 is 13.4 Å². The molecular formula is C34H37FN5O3P. The van der Waals surface area contributed by atoms with Gasteiger partial charge in [0, 0.05) is 42.6 Å². The molecule has 1 saturated heterocycles. The number of hydrogen-bond acceptors (Lipinski definition) is 6. The number of hydrogen-bond donors (Lipinski definition) is 4. The molecule has 8 nitrogen and oxygen atoms in total. The largest absolute Gasteiger partial charge is 0.378 e. The van der Waals surface area contributed by atoms with Gasteiger partial charge in [-0.1, -0.05) is 42.5 Å². The van der Waals surface area contributed by atoms with Gasteiger partial charge in [0.2, 0.25) is 5.95 Å². The van der Waals surface area contributed by atoms with Crippen LogP contribution in [0, 0.1) is 25.6 Å². The average Bonchev–Trinajstić information content (AvgIpc) is 3.34. The molecule has 0 saturated carbocycles. The molecule has 1 atom stereocenters. The lowest BCUT2D eigenvalue weighted by Gasteiger charge is -2.32. The minimum atomic E-state index is -2.39. The lowest BCUT2D eigenvalue weighted by atomic mass is 10.0. The van der Waals surface area contributed by atoms with Gasteiger partial charge in [0.05, 0.1) is 16.4 Å². The summed E-state index contributed by atoms with van der Waals surface area (Å²) >= 11 is 0. The van der Waals surface area contributed by atoms with Crippen molar-refractivity contribution in [3.05, 3.63) is 99.7 Å². The lowest BCUT2D eigenvalue weighted by molar-refractivity contribution is 0.0729. The van der Waals surface area contributed by atoms with E-state index in [1.165, 1.54) is 12.1 Å². The number of aryl methyl sites for hydroxylation is 3. The van der Waals surface area contributed by atoms with E-state index in [0.29, 0.717) is 59.8 Å². The first-order valence-electron chi connectivity index (χ1n) is 14.9. The maximum Gasteiger partial charge on any atom is 0.258 e. The lowest BCUT2D eigenvalue weighted by Crippen LogP contribution is -2.39. The van der Waals surface area contributed by atoms with E-state index in [4.69, 9.17) is 4.98 Å². The van der Waals surface area contributed by atoms with Crippen molar-refractivity contribution in [3.63, 3.8) is 0 Å². The fourth-order valence-corrected chi connectivity index (χ4v) is 9.20. The number of aliphatic hydroxyl groups excluding tert-OH is 1. The number of aromatic amines is 1. The van der Waals surface area contributed by atoms with E-state index in [2.05, 4.69) is 15.6 Å². The highest BCUT2D eigenvalue weighted by Gasteiger charge is 2.34. The Hall–Kier alpha value is -4.04. The highest BCUT2D eigenvalue weighted by atomic mass is 31.2. The summed E-state index contributed by atoms with van der Waals surface area (Å²) in [6.07, 6.45) is 5.70. The number of fused-ring (bicyclic) bond motifs is 3. The number of halogens is 1. The van der Waals surface area contributed by atoms with Gasteiger partial charge in [-0.15, -0.1) is 0 Å². The van der Waals surface area contributed by atoms with Crippen molar-refractivity contribution in [1.29, 1.82) is 0 Å². The normalized spacial score (nSPS) is 19.6. The van der Waals surface area contributed by atoms with Crippen LogP contribution in [0.5, 0.6) is 0 Å². The number of H-pyrrole nitrogens is 1. The zero-order valence-corrected chi connectivity index (χ0v) is 26.0. The summed E-state index contributed by atoms with van der Waals surface area (Å²) in [6.45, 7) is 4.21. The maximum atomic E-state index is 13.6. The fourth-order valence-electron chi connectivity index (χ4n) is 6.25. The third-order valence-corrected chi connectivity index (χ3v) is 12.1. The molecule has 1 aliphatic heterocycles. The standard InChI is InChI=1S/C34H37FN5O3P/c1-21-20-24(35)11-13-27(21)38-34-39-29-14-12-26-22(2)28(37-33(42)30(26)31(29)40(34)3)10-7-17-36-32(41)23-15-18-44(43,19-16-23)25-8-5-4-6-9-25/h4-14,20,23,32,36,41H,15-19H2,1-3H3,(H,37,42)(H,38,39)/b10-7+/t23-,32?,44-. The number of rotatable bonds is 8. The summed E-state index contributed by atoms with van der Waals surface area (Å²) in [5, 5.41) is 19.5. The molecule has 0 aliphatic carbocycles. The first-order chi connectivity index (χ1) is 21.1. The van der Waals surface area contributed by atoms with Gasteiger partial charge in [0.25, 0.3) is 5.56 Å². The molecule has 3 aromatic carbocycles. The fraction of sp³-hybridized carbons (Fsp3) is 0.294. The third-order valence-electron chi connectivity index (χ3n) is 8.88. The number of nitrogens with zero attached hydrogens (tertiary/aromatic N) is 2. The molecular weight excluding hydrogens is 576 g/mol.